The second-order valence-corrected chi connectivity index (χ2v) is 18.4. The number of hydrogen-bond acceptors (Lipinski definition) is 5. The summed E-state index contributed by atoms with van der Waals surface area (Å²) in [4.78, 5) is 25.4. The van der Waals surface area contributed by atoms with Gasteiger partial charge in [-0.15, -0.1) is 0 Å². The van der Waals surface area contributed by atoms with Crippen LogP contribution >= 0.6 is 0 Å². The van der Waals surface area contributed by atoms with Crippen LogP contribution in [0.2, 0.25) is 0 Å². The van der Waals surface area contributed by atoms with Crippen molar-refractivity contribution in [1.29, 1.82) is 0 Å². The Balaban J connectivity index is 4.26. The summed E-state index contributed by atoms with van der Waals surface area (Å²) >= 11 is 0. The SMILES string of the molecule is CC/C=C\C/C=C\C/C=C\CCCCCC(=O)OC(COCCCCCCCC/C=C\CCCCCCCC)COC(=O)CCCCCCCCCCC/C=C\CCCCCCCC. The average Bonchev–Trinajstić information content (AvgIpc) is 3.30. The zero-order chi connectivity index (χ0) is 46.3. The maximum Gasteiger partial charge on any atom is 0.306 e. The molecule has 0 aromatic carbocycles. The smallest absolute Gasteiger partial charge is 0.306 e. The van der Waals surface area contributed by atoms with Gasteiger partial charge in [-0.2, -0.15) is 0 Å². The van der Waals surface area contributed by atoms with Crippen LogP contribution in [-0.2, 0) is 23.8 Å². The van der Waals surface area contributed by atoms with Gasteiger partial charge in [0.15, 0.2) is 6.10 Å². The van der Waals surface area contributed by atoms with E-state index >= 15 is 0 Å². The summed E-state index contributed by atoms with van der Waals surface area (Å²) in [7, 11) is 0. The maximum absolute atomic E-state index is 12.8. The van der Waals surface area contributed by atoms with E-state index in [0.717, 1.165) is 70.6 Å². The van der Waals surface area contributed by atoms with E-state index in [2.05, 4.69) is 81.5 Å². The highest BCUT2D eigenvalue weighted by Crippen LogP contribution is 2.15. The number of esters is 2. The molecule has 0 saturated carbocycles. The Hall–Kier alpha value is -2.40. The van der Waals surface area contributed by atoms with Crippen molar-refractivity contribution in [2.75, 3.05) is 19.8 Å². The Bertz CT molecular complexity index is 1100. The van der Waals surface area contributed by atoms with Gasteiger partial charge in [0.05, 0.1) is 6.61 Å². The van der Waals surface area contributed by atoms with Crippen LogP contribution in [-0.4, -0.2) is 37.9 Å². The Morgan fingerprint density at radius 3 is 1.16 bits per heavy atom. The fraction of sp³-hybridized carbons (Fsp3) is 0.797. The van der Waals surface area contributed by atoms with Gasteiger partial charge in [0, 0.05) is 19.4 Å². The maximum atomic E-state index is 12.8. The fourth-order valence-electron chi connectivity index (χ4n) is 7.87. The van der Waals surface area contributed by atoms with E-state index in [1.165, 1.54) is 173 Å². The number of allylic oxidation sites excluding steroid dienone is 10. The first-order chi connectivity index (χ1) is 31.6. The molecule has 5 nitrogen and oxygen atoms in total. The van der Waals surface area contributed by atoms with E-state index in [4.69, 9.17) is 14.2 Å². The molecule has 0 aromatic rings. The zero-order valence-electron chi connectivity index (χ0n) is 42.8. The zero-order valence-corrected chi connectivity index (χ0v) is 42.8. The first-order valence-corrected chi connectivity index (χ1v) is 27.8. The third-order valence-corrected chi connectivity index (χ3v) is 12.0. The van der Waals surface area contributed by atoms with Gasteiger partial charge in [-0.05, 0) is 103 Å². The molecule has 0 radical (unpaired) electrons. The van der Waals surface area contributed by atoms with Crippen LogP contribution in [0, 0.1) is 0 Å². The molecule has 0 aliphatic rings. The van der Waals surface area contributed by atoms with Crippen LogP contribution in [0.3, 0.4) is 0 Å². The molecule has 1 atom stereocenters. The van der Waals surface area contributed by atoms with Crippen molar-refractivity contribution in [1.82, 2.24) is 0 Å². The van der Waals surface area contributed by atoms with Gasteiger partial charge in [-0.3, -0.25) is 9.59 Å². The lowest BCUT2D eigenvalue weighted by molar-refractivity contribution is -0.163. The third-order valence-electron chi connectivity index (χ3n) is 12.0. The standard InChI is InChI=1S/C59H106O5/c1-4-7-10-13-16-19-22-25-27-29-30-31-32-35-37-40-43-46-49-52-58(60)63-56-57(64-59(61)53-50-47-44-41-38-34-24-21-18-15-12-9-6-3)55-62-54-51-48-45-42-39-36-33-28-26-23-20-17-14-11-8-5-2/h9,12,18,21,25-28,34,38,57H,4-8,10-11,13-17,19-20,22-24,29-33,35-37,39-56H2,1-3H3/b12-9-,21-18-,27-25-,28-26-,38-34-. The summed E-state index contributed by atoms with van der Waals surface area (Å²) in [5.74, 6) is -0.428. The van der Waals surface area contributed by atoms with Crippen LogP contribution in [0.1, 0.15) is 278 Å². The fourth-order valence-corrected chi connectivity index (χ4v) is 7.87. The molecule has 372 valence electrons. The quantitative estimate of drug-likeness (QED) is 0.0346. The normalized spacial score (nSPS) is 12.6. The summed E-state index contributed by atoms with van der Waals surface area (Å²) in [5, 5.41) is 0. The Morgan fingerprint density at radius 2 is 0.703 bits per heavy atom. The first-order valence-electron chi connectivity index (χ1n) is 27.8. The van der Waals surface area contributed by atoms with E-state index in [1.54, 1.807) is 0 Å². The topological polar surface area (TPSA) is 61.8 Å². The van der Waals surface area contributed by atoms with E-state index < -0.39 is 6.10 Å². The van der Waals surface area contributed by atoms with Crippen molar-refractivity contribution < 1.29 is 23.8 Å². The second-order valence-electron chi connectivity index (χ2n) is 18.4. The van der Waals surface area contributed by atoms with Crippen LogP contribution in [0.4, 0.5) is 0 Å². The van der Waals surface area contributed by atoms with Gasteiger partial charge in [-0.25, -0.2) is 0 Å². The molecule has 0 spiro atoms. The van der Waals surface area contributed by atoms with Crippen LogP contribution in [0.25, 0.3) is 0 Å². The second kappa shape index (κ2) is 54.9. The summed E-state index contributed by atoms with van der Waals surface area (Å²) in [6.07, 6.45) is 69.5. The lowest BCUT2D eigenvalue weighted by Crippen LogP contribution is -2.30. The minimum atomic E-state index is -0.555. The van der Waals surface area contributed by atoms with Gasteiger partial charge in [0.1, 0.15) is 6.61 Å². The summed E-state index contributed by atoms with van der Waals surface area (Å²) in [5.41, 5.74) is 0. The third kappa shape index (κ3) is 52.2. The highest BCUT2D eigenvalue weighted by Gasteiger charge is 2.17. The predicted octanol–water partition coefficient (Wildman–Crippen LogP) is 18.9. The van der Waals surface area contributed by atoms with Gasteiger partial charge in [-0.1, -0.05) is 223 Å². The lowest BCUT2D eigenvalue weighted by Gasteiger charge is -2.18. The highest BCUT2D eigenvalue weighted by atomic mass is 16.6. The molecule has 0 rings (SSSR count). The molecule has 0 N–H and O–H groups in total. The van der Waals surface area contributed by atoms with Crippen molar-refractivity contribution in [3.8, 4) is 0 Å². The van der Waals surface area contributed by atoms with E-state index in [9.17, 15) is 9.59 Å². The average molecular weight is 895 g/mol. The molecule has 5 heteroatoms. The number of rotatable bonds is 51. The molecule has 0 saturated heterocycles. The Labute approximate surface area is 398 Å². The van der Waals surface area contributed by atoms with Crippen molar-refractivity contribution in [2.24, 2.45) is 0 Å². The molecule has 0 heterocycles. The number of hydrogen-bond donors (Lipinski definition) is 0. The van der Waals surface area contributed by atoms with Crippen LogP contribution < -0.4 is 0 Å². The molecule has 0 aromatic heterocycles. The Kier molecular flexibility index (Phi) is 52.9. The molecular weight excluding hydrogens is 789 g/mol. The van der Waals surface area contributed by atoms with Crippen LogP contribution in [0.15, 0.2) is 60.8 Å². The van der Waals surface area contributed by atoms with Crippen molar-refractivity contribution >= 4 is 11.9 Å². The minimum Gasteiger partial charge on any atom is -0.462 e. The molecular formula is C59H106O5. The number of carbonyl (C=O) groups is 2. The molecule has 0 aliphatic carbocycles. The summed E-state index contributed by atoms with van der Waals surface area (Å²) < 4.78 is 17.4. The molecule has 0 fully saturated rings. The lowest BCUT2D eigenvalue weighted by atomic mass is 10.1. The molecule has 0 aliphatic heterocycles. The Morgan fingerprint density at radius 1 is 0.359 bits per heavy atom. The minimum absolute atomic E-state index is 0.0705. The molecule has 0 bridgehead atoms. The van der Waals surface area contributed by atoms with Gasteiger partial charge < -0.3 is 14.2 Å². The molecule has 1 unspecified atom stereocenters. The van der Waals surface area contributed by atoms with Crippen molar-refractivity contribution in [3.63, 3.8) is 0 Å². The number of unbranched alkanes of at least 4 members (excludes halogenated alkanes) is 30. The first kappa shape index (κ1) is 61.6. The van der Waals surface area contributed by atoms with Gasteiger partial charge in [0.25, 0.3) is 0 Å². The van der Waals surface area contributed by atoms with E-state index in [0.29, 0.717) is 19.4 Å². The van der Waals surface area contributed by atoms with Gasteiger partial charge in [0.2, 0.25) is 0 Å². The number of carbonyl (C=O) groups excluding carboxylic acids is 2. The summed E-state index contributed by atoms with van der Waals surface area (Å²) in [6.45, 7) is 7.69. The summed E-state index contributed by atoms with van der Waals surface area (Å²) in [6, 6.07) is 0. The predicted molar refractivity (Wildman–Crippen MR) is 279 cm³/mol. The van der Waals surface area contributed by atoms with Crippen molar-refractivity contribution in [3.05, 3.63) is 60.8 Å². The van der Waals surface area contributed by atoms with E-state index in [1.807, 2.05) is 0 Å². The molecule has 64 heavy (non-hydrogen) atoms. The van der Waals surface area contributed by atoms with Crippen LogP contribution in [0.5, 0.6) is 0 Å². The number of ether oxygens (including phenoxy) is 3. The largest absolute Gasteiger partial charge is 0.462 e. The van der Waals surface area contributed by atoms with Gasteiger partial charge >= 0.3 is 11.9 Å². The molecule has 0 amide bonds. The van der Waals surface area contributed by atoms with E-state index in [-0.39, 0.29) is 25.2 Å². The van der Waals surface area contributed by atoms with Crippen molar-refractivity contribution in [2.45, 2.75) is 284 Å². The highest BCUT2D eigenvalue weighted by molar-refractivity contribution is 5.70. The monoisotopic (exact) mass is 895 g/mol.